The number of aromatic nitrogens is 3. The summed E-state index contributed by atoms with van der Waals surface area (Å²) >= 11 is 1.23. The van der Waals surface area contributed by atoms with Gasteiger partial charge in [-0.2, -0.15) is 5.26 Å². The van der Waals surface area contributed by atoms with E-state index >= 15 is 0 Å². The predicted molar refractivity (Wildman–Crippen MR) is 166 cm³/mol. The molecule has 1 atom stereocenters. The summed E-state index contributed by atoms with van der Waals surface area (Å²) in [6.07, 6.45) is 0.472. The average Bonchev–Trinajstić information content (AvgIpc) is 3.39. The van der Waals surface area contributed by atoms with Crippen LogP contribution in [0.1, 0.15) is 24.5 Å². The van der Waals surface area contributed by atoms with Crippen LogP contribution >= 0.6 is 11.8 Å². The van der Waals surface area contributed by atoms with Crippen molar-refractivity contribution in [2.24, 2.45) is 0 Å². The van der Waals surface area contributed by atoms with Crippen LogP contribution in [0.25, 0.3) is 28.1 Å². The van der Waals surface area contributed by atoms with E-state index in [0.717, 1.165) is 28.0 Å². The van der Waals surface area contributed by atoms with E-state index in [9.17, 15) is 14.9 Å². The van der Waals surface area contributed by atoms with Crippen molar-refractivity contribution in [3.8, 4) is 39.9 Å². The van der Waals surface area contributed by atoms with Crippen LogP contribution in [0.15, 0.2) is 101 Å². The van der Waals surface area contributed by atoms with Gasteiger partial charge in [-0.25, -0.2) is 9.67 Å². The van der Waals surface area contributed by atoms with Gasteiger partial charge in [0.15, 0.2) is 0 Å². The van der Waals surface area contributed by atoms with Gasteiger partial charge in [-0.1, -0.05) is 66.7 Å². The number of carbonyl (C=O) groups is 1. The monoisotopic (exact) mass is 575 g/mol. The number of para-hydroxylation sites is 1. The molecule has 210 valence electrons. The fourth-order valence-electron chi connectivity index (χ4n) is 4.48. The number of amides is 1. The van der Waals surface area contributed by atoms with Crippen LogP contribution in [-0.2, 0) is 4.79 Å². The molecule has 0 fully saturated rings. The Hall–Kier alpha value is -5.07. The molecule has 8 nitrogen and oxygen atoms in total. The fraction of sp³-hybridized carbons (Fsp3) is 0.152. The molecule has 0 bridgehead atoms. The van der Waals surface area contributed by atoms with E-state index in [1.54, 1.807) is 19.2 Å². The van der Waals surface area contributed by atoms with E-state index < -0.39 is 5.25 Å². The summed E-state index contributed by atoms with van der Waals surface area (Å²) < 4.78 is 6.68. The number of hydrogen-bond donors (Lipinski definition) is 2. The Balaban J connectivity index is 1.50. The highest BCUT2D eigenvalue weighted by Crippen LogP contribution is 2.37. The van der Waals surface area contributed by atoms with Gasteiger partial charge in [-0.05, 0) is 61.4 Å². The van der Waals surface area contributed by atoms with Crippen LogP contribution in [0, 0.1) is 18.3 Å². The van der Waals surface area contributed by atoms with Crippen molar-refractivity contribution in [3.63, 3.8) is 0 Å². The first-order valence-electron chi connectivity index (χ1n) is 13.4. The standard InChI is InChI=1S/C33H29N5O3S/c1-4-29(32(40)36-30-19-31(39)38(37-30)24-8-6-5-7-9-24)42-33-27(20-34)26(22-12-10-21(2)11-13-22)18-28(35-33)23-14-16-25(41-3)17-15-23/h5-19,29,37H,4H2,1-3H3,(H,36,40). The number of methoxy groups -OCH3 is 1. The zero-order valence-electron chi connectivity index (χ0n) is 23.4. The normalized spacial score (nSPS) is 11.5. The van der Waals surface area contributed by atoms with Gasteiger partial charge < -0.3 is 10.1 Å². The van der Waals surface area contributed by atoms with Crippen LogP contribution in [0.4, 0.5) is 5.82 Å². The summed E-state index contributed by atoms with van der Waals surface area (Å²) in [6, 6.07) is 30.2. The highest BCUT2D eigenvalue weighted by Gasteiger charge is 2.24. The molecule has 0 saturated heterocycles. The SMILES string of the molecule is CCC(Sc1nc(-c2ccc(OC)cc2)cc(-c2ccc(C)cc2)c1C#N)C(=O)Nc1cc(=O)n(-c2ccccc2)[nH]1. The van der Waals surface area contributed by atoms with Crippen molar-refractivity contribution in [2.45, 2.75) is 30.5 Å². The number of thioether (sulfide) groups is 1. The van der Waals surface area contributed by atoms with Crippen LogP contribution in [-0.4, -0.2) is 33.0 Å². The molecule has 5 aromatic rings. The van der Waals surface area contributed by atoms with Crippen LogP contribution in [0.3, 0.4) is 0 Å². The fourth-order valence-corrected chi connectivity index (χ4v) is 5.51. The van der Waals surface area contributed by atoms with Crippen molar-refractivity contribution in [1.29, 1.82) is 5.26 Å². The smallest absolute Gasteiger partial charge is 0.273 e. The highest BCUT2D eigenvalue weighted by molar-refractivity contribution is 8.00. The maximum atomic E-state index is 13.4. The average molecular weight is 576 g/mol. The molecular formula is C33H29N5O3S. The number of rotatable bonds is 9. The minimum Gasteiger partial charge on any atom is -0.497 e. The third-order valence-corrected chi connectivity index (χ3v) is 8.11. The van der Waals surface area contributed by atoms with Gasteiger partial charge in [0, 0.05) is 17.2 Å². The minimum absolute atomic E-state index is 0.286. The lowest BCUT2D eigenvalue weighted by atomic mass is 9.98. The molecule has 3 aromatic carbocycles. The van der Waals surface area contributed by atoms with Gasteiger partial charge in [0.1, 0.15) is 22.7 Å². The Morgan fingerprint density at radius 1 is 1.05 bits per heavy atom. The van der Waals surface area contributed by atoms with Gasteiger partial charge in [0.2, 0.25) is 5.91 Å². The largest absolute Gasteiger partial charge is 0.497 e. The molecule has 1 amide bonds. The lowest BCUT2D eigenvalue weighted by Crippen LogP contribution is -2.25. The quantitative estimate of drug-likeness (QED) is 0.192. The Bertz CT molecular complexity index is 1800. The molecule has 2 heterocycles. The molecule has 0 aliphatic carbocycles. The number of nitrogens with zero attached hydrogens (tertiary/aromatic N) is 3. The second-order valence-corrected chi connectivity index (χ2v) is 10.8. The third-order valence-electron chi connectivity index (χ3n) is 6.76. The number of carbonyl (C=O) groups excluding carboxylic acids is 1. The third kappa shape index (κ3) is 6.14. The number of aromatic amines is 1. The van der Waals surface area contributed by atoms with Gasteiger partial charge >= 0.3 is 0 Å². The summed E-state index contributed by atoms with van der Waals surface area (Å²) in [4.78, 5) is 30.9. The van der Waals surface area contributed by atoms with Gasteiger partial charge in [-0.15, -0.1) is 0 Å². The molecule has 0 spiro atoms. The van der Waals surface area contributed by atoms with E-state index in [-0.39, 0.29) is 17.3 Å². The Kier molecular flexibility index (Phi) is 8.55. The number of ether oxygens (including phenoxy) is 1. The number of hydrogen-bond acceptors (Lipinski definition) is 6. The molecule has 0 saturated carbocycles. The first-order chi connectivity index (χ1) is 20.4. The maximum Gasteiger partial charge on any atom is 0.273 e. The van der Waals surface area contributed by atoms with Crippen LogP contribution < -0.4 is 15.6 Å². The highest BCUT2D eigenvalue weighted by atomic mass is 32.2. The lowest BCUT2D eigenvalue weighted by Gasteiger charge is -2.17. The van der Waals surface area contributed by atoms with Crippen molar-refractivity contribution in [3.05, 3.63) is 112 Å². The number of anilines is 1. The minimum atomic E-state index is -0.579. The van der Waals surface area contributed by atoms with Crippen molar-refractivity contribution in [2.75, 3.05) is 12.4 Å². The second kappa shape index (κ2) is 12.6. The molecule has 42 heavy (non-hydrogen) atoms. The molecule has 0 aliphatic heterocycles. The molecule has 0 aliphatic rings. The molecule has 1 unspecified atom stereocenters. The zero-order chi connectivity index (χ0) is 29.6. The summed E-state index contributed by atoms with van der Waals surface area (Å²) in [5, 5.41) is 15.9. The van der Waals surface area contributed by atoms with Crippen LogP contribution in [0.2, 0.25) is 0 Å². The van der Waals surface area contributed by atoms with E-state index in [2.05, 4.69) is 16.5 Å². The number of H-pyrrole nitrogens is 1. The van der Waals surface area contributed by atoms with Crippen molar-refractivity contribution < 1.29 is 9.53 Å². The maximum absolute atomic E-state index is 13.4. The van der Waals surface area contributed by atoms with E-state index in [0.29, 0.717) is 28.4 Å². The molecule has 0 radical (unpaired) electrons. The van der Waals surface area contributed by atoms with E-state index in [4.69, 9.17) is 9.72 Å². The molecular weight excluding hydrogens is 546 g/mol. The number of nitriles is 1. The number of pyridine rings is 1. The summed E-state index contributed by atoms with van der Waals surface area (Å²) in [5.74, 6) is 0.706. The van der Waals surface area contributed by atoms with Crippen molar-refractivity contribution >= 4 is 23.5 Å². The Labute approximate surface area is 248 Å². The number of nitrogens with one attached hydrogen (secondary N) is 2. The molecule has 2 aromatic heterocycles. The second-order valence-electron chi connectivity index (χ2n) is 9.62. The van der Waals surface area contributed by atoms with Gasteiger partial charge in [0.05, 0.1) is 29.3 Å². The van der Waals surface area contributed by atoms with Gasteiger partial charge in [-0.3, -0.25) is 14.7 Å². The summed E-state index contributed by atoms with van der Waals surface area (Å²) in [5.41, 5.74) is 5.02. The van der Waals surface area contributed by atoms with Crippen molar-refractivity contribution in [1.82, 2.24) is 14.8 Å². The summed E-state index contributed by atoms with van der Waals surface area (Å²) in [6.45, 7) is 3.91. The van der Waals surface area contributed by atoms with E-state index in [1.165, 1.54) is 22.5 Å². The topological polar surface area (TPSA) is 113 Å². The first kappa shape index (κ1) is 28.5. The molecule has 5 rings (SSSR count). The lowest BCUT2D eigenvalue weighted by molar-refractivity contribution is -0.115. The predicted octanol–water partition coefficient (Wildman–Crippen LogP) is 6.59. The van der Waals surface area contributed by atoms with Gasteiger partial charge in [0.25, 0.3) is 5.56 Å². The Morgan fingerprint density at radius 2 is 1.74 bits per heavy atom. The first-order valence-corrected chi connectivity index (χ1v) is 14.3. The zero-order valence-corrected chi connectivity index (χ0v) is 24.2. The molecule has 2 N–H and O–H groups in total. The molecule has 9 heteroatoms. The Morgan fingerprint density at radius 3 is 2.38 bits per heavy atom. The number of aryl methyl sites for hydroxylation is 1. The van der Waals surface area contributed by atoms with Crippen LogP contribution in [0.5, 0.6) is 5.75 Å². The number of benzene rings is 3. The van der Waals surface area contributed by atoms with E-state index in [1.807, 2.05) is 86.6 Å². The summed E-state index contributed by atoms with van der Waals surface area (Å²) in [7, 11) is 1.61.